The molecule has 1 amide bonds. The van der Waals surface area contributed by atoms with Gasteiger partial charge in [-0.25, -0.2) is 0 Å². The molecule has 17 heavy (non-hydrogen) atoms. The standard InChI is InChI=1S/C14H16N2O/c1-11-8-14(6-7-16(11)10-17)13-4-2-12(9-15)3-5-13/h2-5,10-11,14H,6-8H2,1H3. The van der Waals surface area contributed by atoms with Crippen molar-refractivity contribution in [2.24, 2.45) is 0 Å². The number of nitrogens with zero attached hydrogens (tertiary/aromatic N) is 2. The quantitative estimate of drug-likeness (QED) is 0.729. The lowest BCUT2D eigenvalue weighted by atomic mass is 9.86. The third kappa shape index (κ3) is 2.47. The minimum atomic E-state index is 0.307. The smallest absolute Gasteiger partial charge is 0.209 e. The molecule has 2 rings (SSSR count). The summed E-state index contributed by atoms with van der Waals surface area (Å²) in [6.45, 7) is 2.92. The molecule has 1 fully saturated rings. The maximum Gasteiger partial charge on any atom is 0.209 e. The first-order valence-electron chi connectivity index (χ1n) is 5.95. The lowest BCUT2D eigenvalue weighted by molar-refractivity contribution is -0.121. The van der Waals surface area contributed by atoms with E-state index in [0.29, 0.717) is 17.5 Å². The molecule has 1 aromatic carbocycles. The molecular weight excluding hydrogens is 212 g/mol. The van der Waals surface area contributed by atoms with E-state index in [-0.39, 0.29) is 0 Å². The summed E-state index contributed by atoms with van der Waals surface area (Å²) in [6, 6.07) is 10.2. The average Bonchev–Trinajstić information content (AvgIpc) is 2.39. The zero-order valence-corrected chi connectivity index (χ0v) is 9.97. The molecule has 1 aromatic rings. The van der Waals surface area contributed by atoms with Gasteiger partial charge in [0.2, 0.25) is 6.41 Å². The second-order valence-electron chi connectivity index (χ2n) is 4.65. The van der Waals surface area contributed by atoms with E-state index in [1.54, 1.807) is 0 Å². The van der Waals surface area contributed by atoms with Crippen molar-refractivity contribution in [3.63, 3.8) is 0 Å². The first-order chi connectivity index (χ1) is 8.24. The first kappa shape index (κ1) is 11.7. The van der Waals surface area contributed by atoms with Gasteiger partial charge in [-0.1, -0.05) is 12.1 Å². The predicted octanol–water partition coefficient (Wildman–Crippen LogP) is 2.28. The molecule has 3 nitrogen and oxygen atoms in total. The van der Waals surface area contributed by atoms with Crippen LogP contribution >= 0.6 is 0 Å². The zero-order chi connectivity index (χ0) is 12.3. The second kappa shape index (κ2) is 5.01. The average molecular weight is 228 g/mol. The lowest BCUT2D eigenvalue weighted by Gasteiger charge is -2.35. The third-order valence-corrected chi connectivity index (χ3v) is 3.57. The number of rotatable bonds is 2. The molecule has 0 saturated carbocycles. The molecule has 0 spiro atoms. The maximum atomic E-state index is 10.8. The van der Waals surface area contributed by atoms with Gasteiger partial charge in [-0.3, -0.25) is 4.79 Å². The molecule has 1 heterocycles. The number of benzene rings is 1. The maximum absolute atomic E-state index is 10.8. The summed E-state index contributed by atoms with van der Waals surface area (Å²) in [6.07, 6.45) is 2.96. The van der Waals surface area contributed by atoms with Crippen molar-refractivity contribution in [2.45, 2.75) is 31.7 Å². The number of hydrogen-bond donors (Lipinski definition) is 0. The fraction of sp³-hybridized carbons (Fsp3) is 0.429. The van der Waals surface area contributed by atoms with E-state index in [1.165, 1.54) is 5.56 Å². The van der Waals surface area contributed by atoms with Crippen LogP contribution in [0.3, 0.4) is 0 Å². The van der Waals surface area contributed by atoms with Crippen molar-refractivity contribution in [1.82, 2.24) is 4.90 Å². The Morgan fingerprint density at radius 2 is 2.12 bits per heavy atom. The van der Waals surface area contributed by atoms with Gasteiger partial charge in [-0.2, -0.15) is 5.26 Å². The van der Waals surface area contributed by atoms with E-state index in [2.05, 4.69) is 13.0 Å². The minimum Gasteiger partial charge on any atom is -0.343 e. The molecular formula is C14H16N2O. The molecule has 0 aliphatic carbocycles. The highest BCUT2D eigenvalue weighted by Crippen LogP contribution is 2.30. The molecule has 88 valence electrons. The highest BCUT2D eigenvalue weighted by molar-refractivity contribution is 5.48. The topological polar surface area (TPSA) is 44.1 Å². The van der Waals surface area contributed by atoms with Gasteiger partial charge in [-0.05, 0) is 43.4 Å². The van der Waals surface area contributed by atoms with Gasteiger partial charge >= 0.3 is 0 Å². The summed E-state index contributed by atoms with van der Waals surface area (Å²) in [5.41, 5.74) is 1.98. The summed E-state index contributed by atoms with van der Waals surface area (Å²) in [5.74, 6) is 0.508. The number of piperidine rings is 1. The Balaban J connectivity index is 2.08. The minimum absolute atomic E-state index is 0.307. The Morgan fingerprint density at radius 1 is 1.41 bits per heavy atom. The number of hydrogen-bond acceptors (Lipinski definition) is 2. The summed E-state index contributed by atoms with van der Waals surface area (Å²) in [5, 5.41) is 8.75. The predicted molar refractivity (Wildman–Crippen MR) is 65.4 cm³/mol. The SMILES string of the molecule is CC1CC(c2ccc(C#N)cc2)CCN1C=O. The van der Waals surface area contributed by atoms with Gasteiger partial charge < -0.3 is 4.90 Å². The van der Waals surface area contributed by atoms with Gasteiger partial charge in [0.25, 0.3) is 0 Å². The van der Waals surface area contributed by atoms with Crippen molar-refractivity contribution in [2.75, 3.05) is 6.54 Å². The molecule has 1 saturated heterocycles. The van der Waals surface area contributed by atoms with Gasteiger partial charge in [0, 0.05) is 12.6 Å². The van der Waals surface area contributed by atoms with E-state index in [9.17, 15) is 4.79 Å². The summed E-state index contributed by atoms with van der Waals surface area (Å²) < 4.78 is 0. The van der Waals surface area contributed by atoms with Crippen LogP contribution in [0.15, 0.2) is 24.3 Å². The number of carbonyl (C=O) groups is 1. The van der Waals surface area contributed by atoms with E-state index < -0.39 is 0 Å². The van der Waals surface area contributed by atoms with Crippen molar-refractivity contribution >= 4 is 6.41 Å². The highest BCUT2D eigenvalue weighted by atomic mass is 16.1. The second-order valence-corrected chi connectivity index (χ2v) is 4.65. The number of nitriles is 1. The molecule has 0 N–H and O–H groups in total. The van der Waals surface area contributed by atoms with Crippen molar-refractivity contribution < 1.29 is 4.79 Å². The van der Waals surface area contributed by atoms with E-state index >= 15 is 0 Å². The first-order valence-corrected chi connectivity index (χ1v) is 5.95. The van der Waals surface area contributed by atoms with Crippen LogP contribution in [0.4, 0.5) is 0 Å². The highest BCUT2D eigenvalue weighted by Gasteiger charge is 2.25. The summed E-state index contributed by atoms with van der Waals surface area (Å²) in [4.78, 5) is 12.6. The van der Waals surface area contributed by atoms with E-state index in [0.717, 1.165) is 25.8 Å². The van der Waals surface area contributed by atoms with Crippen LogP contribution in [-0.2, 0) is 4.79 Å². The van der Waals surface area contributed by atoms with Crippen LogP contribution in [-0.4, -0.2) is 23.9 Å². The van der Waals surface area contributed by atoms with Crippen molar-refractivity contribution in [3.8, 4) is 6.07 Å². The van der Waals surface area contributed by atoms with Crippen molar-refractivity contribution in [3.05, 3.63) is 35.4 Å². The van der Waals surface area contributed by atoms with E-state index in [1.807, 2.05) is 29.2 Å². The van der Waals surface area contributed by atoms with Gasteiger partial charge in [-0.15, -0.1) is 0 Å². The van der Waals surface area contributed by atoms with Crippen LogP contribution in [0.1, 0.15) is 36.8 Å². The van der Waals surface area contributed by atoms with E-state index in [4.69, 9.17) is 5.26 Å². The summed E-state index contributed by atoms with van der Waals surface area (Å²) >= 11 is 0. The van der Waals surface area contributed by atoms with Crippen LogP contribution in [0.25, 0.3) is 0 Å². The molecule has 1 aliphatic heterocycles. The van der Waals surface area contributed by atoms with Gasteiger partial charge in [0.15, 0.2) is 0 Å². The Morgan fingerprint density at radius 3 is 2.65 bits per heavy atom. The molecule has 2 atom stereocenters. The van der Waals surface area contributed by atoms with Crippen LogP contribution < -0.4 is 0 Å². The van der Waals surface area contributed by atoms with Crippen LogP contribution in [0, 0.1) is 11.3 Å². The molecule has 0 radical (unpaired) electrons. The Hall–Kier alpha value is -1.82. The largest absolute Gasteiger partial charge is 0.343 e. The fourth-order valence-electron chi connectivity index (χ4n) is 2.48. The summed E-state index contributed by atoms with van der Waals surface area (Å²) in [7, 11) is 0. The van der Waals surface area contributed by atoms with Gasteiger partial charge in [0.05, 0.1) is 11.6 Å². The molecule has 2 unspecified atom stereocenters. The van der Waals surface area contributed by atoms with Crippen LogP contribution in [0.2, 0.25) is 0 Å². The molecule has 1 aliphatic rings. The number of amides is 1. The number of carbonyl (C=O) groups excluding carboxylic acids is 1. The zero-order valence-electron chi connectivity index (χ0n) is 9.97. The van der Waals surface area contributed by atoms with Crippen LogP contribution in [0.5, 0.6) is 0 Å². The fourth-order valence-corrected chi connectivity index (χ4v) is 2.48. The Bertz CT molecular complexity index is 433. The normalized spacial score (nSPS) is 24.1. The number of likely N-dealkylation sites (tertiary alicyclic amines) is 1. The molecule has 3 heteroatoms. The monoisotopic (exact) mass is 228 g/mol. The van der Waals surface area contributed by atoms with Crippen molar-refractivity contribution in [1.29, 1.82) is 5.26 Å². The lowest BCUT2D eigenvalue weighted by Crippen LogP contribution is -2.38. The van der Waals surface area contributed by atoms with Gasteiger partial charge in [0.1, 0.15) is 0 Å². The molecule has 0 bridgehead atoms. The Kier molecular flexibility index (Phi) is 3.43. The Labute approximate surface area is 102 Å². The third-order valence-electron chi connectivity index (χ3n) is 3.57. The molecule has 0 aromatic heterocycles.